The minimum Gasteiger partial charge on any atom is -0.480 e. The Morgan fingerprint density at radius 1 is 1.18 bits per heavy atom. The van der Waals surface area contributed by atoms with Crippen LogP contribution in [0, 0.1) is 5.92 Å². The number of hydrogen-bond acceptors (Lipinski definition) is 7. The number of nitrogens with two attached hydrogens (primary N) is 1. The first-order valence-electron chi connectivity index (χ1n) is 9.19. The Kier molecular flexibility index (Phi) is 8.79. The van der Waals surface area contributed by atoms with E-state index in [9.17, 15) is 29.4 Å². The molecular formula is C17H30N4O7. The van der Waals surface area contributed by atoms with E-state index in [-0.39, 0.29) is 12.5 Å². The molecule has 0 radical (unpaired) electrons. The molecule has 0 saturated carbocycles. The molecule has 0 aliphatic carbocycles. The fraction of sp³-hybridized carbons (Fsp3) is 0.765. The molecule has 3 amide bonds. The number of nitrogens with zero attached hydrogens (tertiary/aromatic N) is 1. The van der Waals surface area contributed by atoms with Crippen LogP contribution in [0.4, 0.5) is 0 Å². The SMILES string of the molecule is CC(C)C(N)C(=O)NC(CO)C(=O)N1CCCC1C(=O)NC(C(=O)O)C(C)O. The van der Waals surface area contributed by atoms with Crippen molar-refractivity contribution in [2.24, 2.45) is 11.7 Å². The fourth-order valence-electron chi connectivity index (χ4n) is 2.90. The van der Waals surface area contributed by atoms with E-state index < -0.39 is 60.6 Å². The van der Waals surface area contributed by atoms with Gasteiger partial charge < -0.3 is 36.6 Å². The molecule has 0 aromatic rings. The third-order valence-corrected chi connectivity index (χ3v) is 4.70. The summed E-state index contributed by atoms with van der Waals surface area (Å²) in [5.74, 6) is -3.55. The van der Waals surface area contributed by atoms with E-state index in [1.807, 2.05) is 0 Å². The average Bonchev–Trinajstić information content (AvgIpc) is 3.11. The van der Waals surface area contributed by atoms with Crippen LogP contribution < -0.4 is 16.4 Å². The Bertz CT molecular complexity index is 596. The van der Waals surface area contributed by atoms with E-state index in [1.54, 1.807) is 13.8 Å². The number of nitrogens with one attached hydrogen (secondary N) is 2. The number of carboxylic acids is 1. The Hall–Kier alpha value is -2.24. The summed E-state index contributed by atoms with van der Waals surface area (Å²) < 4.78 is 0. The Balaban J connectivity index is 2.86. The van der Waals surface area contributed by atoms with Crippen molar-refractivity contribution in [2.45, 2.75) is 63.9 Å². The van der Waals surface area contributed by atoms with Crippen molar-refractivity contribution >= 4 is 23.7 Å². The maximum Gasteiger partial charge on any atom is 0.328 e. The van der Waals surface area contributed by atoms with Gasteiger partial charge in [-0.25, -0.2) is 4.79 Å². The summed E-state index contributed by atoms with van der Waals surface area (Å²) in [7, 11) is 0. The van der Waals surface area contributed by atoms with Gasteiger partial charge in [-0.3, -0.25) is 14.4 Å². The maximum atomic E-state index is 12.7. The van der Waals surface area contributed by atoms with Crippen LogP contribution in [-0.4, -0.2) is 87.3 Å². The number of rotatable bonds is 9. The van der Waals surface area contributed by atoms with Gasteiger partial charge in [-0.05, 0) is 25.7 Å². The van der Waals surface area contributed by atoms with Crippen molar-refractivity contribution in [3.63, 3.8) is 0 Å². The zero-order chi connectivity index (χ0) is 21.6. The highest BCUT2D eigenvalue weighted by atomic mass is 16.4. The molecule has 1 saturated heterocycles. The van der Waals surface area contributed by atoms with Gasteiger partial charge in [0.25, 0.3) is 0 Å². The molecule has 7 N–H and O–H groups in total. The van der Waals surface area contributed by atoms with Crippen LogP contribution >= 0.6 is 0 Å². The van der Waals surface area contributed by atoms with Crippen molar-refractivity contribution in [3.8, 4) is 0 Å². The Labute approximate surface area is 163 Å². The second-order valence-electron chi connectivity index (χ2n) is 7.27. The van der Waals surface area contributed by atoms with Gasteiger partial charge in [0.05, 0.1) is 18.8 Å². The standard InChI is InChI=1S/C17H30N4O7/c1-8(2)12(18)15(25)19-10(7-22)16(26)21-6-4-5-11(21)14(24)20-13(9(3)23)17(27)28/h8-13,22-23H,4-7,18H2,1-3H3,(H,19,25)(H,20,24)(H,27,28). The Morgan fingerprint density at radius 3 is 2.25 bits per heavy atom. The van der Waals surface area contributed by atoms with Crippen LogP contribution in [-0.2, 0) is 19.2 Å². The lowest BCUT2D eigenvalue weighted by Gasteiger charge is -2.29. The smallest absolute Gasteiger partial charge is 0.328 e. The molecule has 11 nitrogen and oxygen atoms in total. The quantitative estimate of drug-likeness (QED) is 0.242. The zero-order valence-electron chi connectivity index (χ0n) is 16.3. The molecule has 0 aromatic carbocycles. The maximum absolute atomic E-state index is 12.7. The molecule has 0 aromatic heterocycles. The number of carbonyl (C=O) groups is 4. The van der Waals surface area contributed by atoms with Gasteiger partial charge in [0.15, 0.2) is 6.04 Å². The van der Waals surface area contributed by atoms with Crippen LogP contribution in [0.25, 0.3) is 0 Å². The molecule has 28 heavy (non-hydrogen) atoms. The van der Waals surface area contributed by atoms with Crippen LogP contribution in [0.2, 0.25) is 0 Å². The summed E-state index contributed by atoms with van der Waals surface area (Å²) in [5.41, 5.74) is 5.74. The topological polar surface area (TPSA) is 182 Å². The minimum atomic E-state index is -1.51. The summed E-state index contributed by atoms with van der Waals surface area (Å²) in [5, 5.41) is 32.7. The highest BCUT2D eigenvalue weighted by molar-refractivity contribution is 5.94. The third-order valence-electron chi connectivity index (χ3n) is 4.70. The number of likely N-dealkylation sites (tertiary alicyclic amines) is 1. The van der Waals surface area contributed by atoms with Crippen molar-refractivity contribution in [1.82, 2.24) is 15.5 Å². The highest BCUT2D eigenvalue weighted by Crippen LogP contribution is 2.19. The van der Waals surface area contributed by atoms with Crippen molar-refractivity contribution < 1.29 is 34.5 Å². The van der Waals surface area contributed by atoms with Crippen molar-refractivity contribution in [1.29, 1.82) is 0 Å². The van der Waals surface area contributed by atoms with Gasteiger partial charge in [0.2, 0.25) is 17.7 Å². The zero-order valence-corrected chi connectivity index (χ0v) is 16.3. The number of hydrogen-bond donors (Lipinski definition) is 6. The summed E-state index contributed by atoms with van der Waals surface area (Å²) >= 11 is 0. The lowest BCUT2D eigenvalue weighted by atomic mass is 10.0. The van der Waals surface area contributed by atoms with E-state index in [2.05, 4.69) is 10.6 Å². The number of amides is 3. The molecule has 5 unspecified atom stereocenters. The van der Waals surface area contributed by atoms with Gasteiger partial charge in [-0.2, -0.15) is 0 Å². The molecule has 1 heterocycles. The van der Waals surface area contributed by atoms with E-state index in [0.717, 1.165) is 0 Å². The number of carboxylic acid groups (broad SMARTS) is 1. The number of aliphatic carboxylic acids is 1. The van der Waals surface area contributed by atoms with Gasteiger partial charge in [0.1, 0.15) is 12.1 Å². The first-order valence-corrected chi connectivity index (χ1v) is 9.19. The molecule has 0 spiro atoms. The third kappa shape index (κ3) is 5.88. The van der Waals surface area contributed by atoms with Crippen LogP contribution in [0.1, 0.15) is 33.6 Å². The fourth-order valence-corrected chi connectivity index (χ4v) is 2.90. The molecule has 1 rings (SSSR count). The first-order chi connectivity index (χ1) is 13.0. The lowest BCUT2D eigenvalue weighted by Crippen LogP contribution is -2.59. The summed E-state index contributed by atoms with van der Waals surface area (Å²) in [6, 6.07) is -4.60. The van der Waals surface area contributed by atoms with Crippen LogP contribution in [0.15, 0.2) is 0 Å². The van der Waals surface area contributed by atoms with Gasteiger partial charge >= 0.3 is 5.97 Å². The molecule has 160 valence electrons. The number of aliphatic hydroxyl groups excluding tert-OH is 2. The molecule has 5 atom stereocenters. The number of aliphatic hydroxyl groups is 2. The predicted molar refractivity (Wildman–Crippen MR) is 97.8 cm³/mol. The monoisotopic (exact) mass is 402 g/mol. The minimum absolute atomic E-state index is 0.173. The normalized spacial score (nSPS) is 21.0. The molecule has 1 aliphatic rings. The largest absolute Gasteiger partial charge is 0.480 e. The van der Waals surface area contributed by atoms with Crippen LogP contribution in [0.3, 0.4) is 0 Å². The summed E-state index contributed by atoms with van der Waals surface area (Å²) in [4.78, 5) is 49.6. The summed E-state index contributed by atoms with van der Waals surface area (Å²) in [6.45, 7) is 4.24. The number of carbonyl (C=O) groups excluding carboxylic acids is 3. The molecule has 11 heteroatoms. The van der Waals surface area contributed by atoms with Crippen molar-refractivity contribution in [2.75, 3.05) is 13.2 Å². The molecule has 1 fully saturated rings. The van der Waals surface area contributed by atoms with E-state index in [1.165, 1.54) is 11.8 Å². The Morgan fingerprint density at radius 2 is 1.79 bits per heavy atom. The van der Waals surface area contributed by atoms with Crippen LogP contribution in [0.5, 0.6) is 0 Å². The van der Waals surface area contributed by atoms with Gasteiger partial charge in [-0.15, -0.1) is 0 Å². The predicted octanol–water partition coefficient (Wildman–Crippen LogP) is -2.61. The summed E-state index contributed by atoms with van der Waals surface area (Å²) in [6.07, 6.45) is -0.538. The second-order valence-corrected chi connectivity index (χ2v) is 7.27. The molecular weight excluding hydrogens is 372 g/mol. The van der Waals surface area contributed by atoms with E-state index in [4.69, 9.17) is 10.8 Å². The highest BCUT2D eigenvalue weighted by Gasteiger charge is 2.39. The van der Waals surface area contributed by atoms with E-state index >= 15 is 0 Å². The van der Waals surface area contributed by atoms with E-state index in [0.29, 0.717) is 12.8 Å². The van der Waals surface area contributed by atoms with Crippen molar-refractivity contribution in [3.05, 3.63) is 0 Å². The van der Waals surface area contributed by atoms with Gasteiger partial charge in [0, 0.05) is 6.54 Å². The average molecular weight is 402 g/mol. The first kappa shape index (κ1) is 23.8. The second kappa shape index (κ2) is 10.3. The molecule has 1 aliphatic heterocycles. The van der Waals surface area contributed by atoms with Gasteiger partial charge in [-0.1, -0.05) is 13.8 Å². The molecule has 0 bridgehead atoms. The lowest BCUT2D eigenvalue weighted by molar-refractivity contribution is -0.147.